The summed E-state index contributed by atoms with van der Waals surface area (Å²) in [5.41, 5.74) is 2.69. The van der Waals surface area contributed by atoms with Crippen molar-refractivity contribution in [2.45, 2.75) is 30.8 Å². The lowest BCUT2D eigenvalue weighted by atomic mass is 10.1. The molecular formula is C27H35N5O3S. The number of thioether (sulfide) groups is 1. The van der Waals surface area contributed by atoms with Crippen LogP contribution in [0.15, 0.2) is 53.7 Å². The molecule has 0 N–H and O–H groups in total. The molecule has 3 aromatic rings. The number of carbonyl (C=O) groups is 1. The minimum absolute atomic E-state index is 0.0282. The summed E-state index contributed by atoms with van der Waals surface area (Å²) in [5, 5.41) is 9.84. The van der Waals surface area contributed by atoms with E-state index in [1.807, 2.05) is 53.4 Å². The second-order valence-corrected chi connectivity index (χ2v) is 9.83. The third kappa shape index (κ3) is 5.91. The highest BCUT2D eigenvalue weighted by molar-refractivity contribution is 7.98. The van der Waals surface area contributed by atoms with Crippen molar-refractivity contribution in [2.24, 2.45) is 0 Å². The first-order valence-corrected chi connectivity index (χ1v) is 13.3. The zero-order chi connectivity index (χ0) is 25.5. The first kappa shape index (κ1) is 26.2. The van der Waals surface area contributed by atoms with E-state index in [0.29, 0.717) is 12.4 Å². The molecule has 1 fully saturated rings. The molecule has 0 radical (unpaired) electrons. The average molecular weight is 510 g/mol. The van der Waals surface area contributed by atoms with Crippen LogP contribution < -0.4 is 4.74 Å². The number of hydrogen-bond acceptors (Lipinski definition) is 7. The van der Waals surface area contributed by atoms with Gasteiger partial charge >= 0.3 is 0 Å². The molecule has 36 heavy (non-hydrogen) atoms. The Balaban J connectivity index is 1.56. The molecule has 1 aliphatic rings. The van der Waals surface area contributed by atoms with Crippen LogP contribution in [0.5, 0.6) is 5.75 Å². The first-order valence-electron chi connectivity index (χ1n) is 12.4. The summed E-state index contributed by atoms with van der Waals surface area (Å²) in [6, 6.07) is 15.7. The van der Waals surface area contributed by atoms with Gasteiger partial charge in [0.15, 0.2) is 11.0 Å². The highest BCUT2D eigenvalue weighted by Gasteiger charge is 2.24. The molecule has 0 bridgehead atoms. The van der Waals surface area contributed by atoms with Crippen LogP contribution in [0.4, 0.5) is 0 Å². The molecule has 4 rings (SSSR count). The van der Waals surface area contributed by atoms with Crippen molar-refractivity contribution in [1.82, 2.24) is 24.6 Å². The van der Waals surface area contributed by atoms with Gasteiger partial charge in [0, 0.05) is 50.2 Å². The lowest BCUT2D eigenvalue weighted by Crippen LogP contribution is -2.48. The Hall–Kier alpha value is -2.88. The standard InChI is InChI=1S/C27H35N5O3S/c1-5-30-13-15-31(16-14-30)26(33)24-12-7-6-9-22(24)19-36-27-29-28-25(32(27)20(2)18-34-3)21-10-8-11-23(17-21)35-4/h6-12,17,20H,5,13-16,18-19H2,1-4H3/t20-/m1/s1. The smallest absolute Gasteiger partial charge is 0.254 e. The zero-order valence-corrected chi connectivity index (χ0v) is 22.3. The number of aromatic nitrogens is 3. The van der Waals surface area contributed by atoms with E-state index in [9.17, 15) is 4.79 Å². The summed E-state index contributed by atoms with van der Waals surface area (Å²) in [7, 11) is 3.35. The van der Waals surface area contributed by atoms with E-state index in [1.165, 1.54) is 0 Å². The molecule has 0 unspecified atom stereocenters. The fourth-order valence-electron chi connectivity index (χ4n) is 4.48. The molecule has 9 heteroatoms. The van der Waals surface area contributed by atoms with E-state index < -0.39 is 0 Å². The Morgan fingerprint density at radius 2 is 1.83 bits per heavy atom. The number of carbonyl (C=O) groups excluding carboxylic acids is 1. The molecule has 1 saturated heterocycles. The van der Waals surface area contributed by atoms with Gasteiger partial charge in [0.1, 0.15) is 5.75 Å². The maximum absolute atomic E-state index is 13.4. The number of benzene rings is 2. The lowest BCUT2D eigenvalue weighted by Gasteiger charge is -2.34. The predicted molar refractivity (Wildman–Crippen MR) is 143 cm³/mol. The number of ether oxygens (including phenoxy) is 2. The number of piperazine rings is 1. The van der Waals surface area contributed by atoms with Crippen LogP contribution in [-0.4, -0.2) is 84.0 Å². The van der Waals surface area contributed by atoms with E-state index in [2.05, 4.69) is 33.5 Å². The fourth-order valence-corrected chi connectivity index (χ4v) is 5.52. The van der Waals surface area contributed by atoms with Gasteiger partial charge in [-0.2, -0.15) is 0 Å². The summed E-state index contributed by atoms with van der Waals surface area (Å²) in [5.74, 6) is 2.25. The Bertz CT molecular complexity index is 1160. The number of nitrogens with zero attached hydrogens (tertiary/aromatic N) is 5. The van der Waals surface area contributed by atoms with Crippen molar-refractivity contribution >= 4 is 17.7 Å². The van der Waals surface area contributed by atoms with Crippen LogP contribution in [0.1, 0.15) is 35.8 Å². The van der Waals surface area contributed by atoms with Gasteiger partial charge < -0.3 is 19.3 Å². The summed E-state index contributed by atoms with van der Waals surface area (Å²) in [4.78, 5) is 17.7. The van der Waals surface area contributed by atoms with Crippen LogP contribution in [-0.2, 0) is 10.5 Å². The van der Waals surface area contributed by atoms with Gasteiger partial charge in [-0.15, -0.1) is 10.2 Å². The summed E-state index contributed by atoms with van der Waals surface area (Å²) >= 11 is 1.59. The van der Waals surface area contributed by atoms with E-state index in [0.717, 1.165) is 66.1 Å². The highest BCUT2D eigenvalue weighted by Crippen LogP contribution is 2.32. The van der Waals surface area contributed by atoms with Crippen molar-refractivity contribution in [3.8, 4) is 17.1 Å². The monoisotopic (exact) mass is 509 g/mol. The number of likely N-dealkylation sites (N-methyl/N-ethyl adjacent to an activating group) is 1. The highest BCUT2D eigenvalue weighted by atomic mass is 32.2. The molecule has 0 aliphatic carbocycles. The molecule has 2 heterocycles. The van der Waals surface area contributed by atoms with Gasteiger partial charge in [0.25, 0.3) is 5.91 Å². The van der Waals surface area contributed by atoms with Crippen LogP contribution in [0, 0.1) is 0 Å². The maximum atomic E-state index is 13.4. The third-order valence-electron chi connectivity index (χ3n) is 6.55. The van der Waals surface area contributed by atoms with E-state index >= 15 is 0 Å². The Morgan fingerprint density at radius 3 is 2.56 bits per heavy atom. The molecule has 1 amide bonds. The lowest BCUT2D eigenvalue weighted by molar-refractivity contribution is 0.0642. The minimum atomic E-state index is 0.0282. The molecule has 1 aromatic heterocycles. The van der Waals surface area contributed by atoms with E-state index in [-0.39, 0.29) is 11.9 Å². The normalized spacial score (nSPS) is 15.2. The van der Waals surface area contributed by atoms with Crippen molar-refractivity contribution in [2.75, 3.05) is 53.6 Å². The quantitative estimate of drug-likeness (QED) is 0.379. The Labute approximate surface area is 217 Å². The second-order valence-electron chi connectivity index (χ2n) is 8.88. The summed E-state index contributed by atoms with van der Waals surface area (Å²) in [6.45, 7) is 9.18. The predicted octanol–water partition coefficient (Wildman–Crippen LogP) is 4.23. The van der Waals surface area contributed by atoms with Crippen molar-refractivity contribution < 1.29 is 14.3 Å². The molecule has 2 aromatic carbocycles. The van der Waals surface area contributed by atoms with Gasteiger partial charge in [-0.3, -0.25) is 9.36 Å². The van der Waals surface area contributed by atoms with Crippen molar-refractivity contribution in [3.05, 3.63) is 59.7 Å². The van der Waals surface area contributed by atoms with E-state index in [4.69, 9.17) is 9.47 Å². The summed E-state index contributed by atoms with van der Waals surface area (Å²) in [6.07, 6.45) is 0. The zero-order valence-electron chi connectivity index (χ0n) is 21.5. The Kier molecular flexibility index (Phi) is 9.01. The fraction of sp³-hybridized carbons (Fsp3) is 0.444. The number of amides is 1. The molecule has 1 atom stereocenters. The maximum Gasteiger partial charge on any atom is 0.254 e. The van der Waals surface area contributed by atoms with Crippen LogP contribution >= 0.6 is 11.8 Å². The largest absolute Gasteiger partial charge is 0.497 e. The molecule has 1 aliphatic heterocycles. The molecule has 0 saturated carbocycles. The number of methoxy groups -OCH3 is 2. The van der Waals surface area contributed by atoms with Gasteiger partial charge in [0.05, 0.1) is 19.8 Å². The van der Waals surface area contributed by atoms with Crippen molar-refractivity contribution in [3.63, 3.8) is 0 Å². The second kappa shape index (κ2) is 12.4. The molecular weight excluding hydrogens is 474 g/mol. The van der Waals surface area contributed by atoms with Crippen LogP contribution in [0.25, 0.3) is 11.4 Å². The average Bonchev–Trinajstić information content (AvgIpc) is 3.36. The van der Waals surface area contributed by atoms with Crippen molar-refractivity contribution in [1.29, 1.82) is 0 Å². The van der Waals surface area contributed by atoms with Gasteiger partial charge in [-0.1, -0.05) is 49.0 Å². The topological polar surface area (TPSA) is 72.7 Å². The van der Waals surface area contributed by atoms with Crippen LogP contribution in [0.3, 0.4) is 0 Å². The first-order chi connectivity index (χ1) is 17.5. The Morgan fingerprint density at radius 1 is 1.06 bits per heavy atom. The molecule has 192 valence electrons. The summed E-state index contributed by atoms with van der Waals surface area (Å²) < 4.78 is 13.0. The number of hydrogen-bond donors (Lipinski definition) is 0. The SMILES string of the molecule is CCN1CCN(C(=O)c2ccccc2CSc2nnc(-c3cccc(OC)c3)n2[C@H](C)COC)CC1. The van der Waals surface area contributed by atoms with E-state index in [1.54, 1.807) is 26.0 Å². The minimum Gasteiger partial charge on any atom is -0.497 e. The van der Waals surface area contributed by atoms with Gasteiger partial charge in [-0.05, 0) is 37.2 Å². The van der Waals surface area contributed by atoms with Gasteiger partial charge in [0.2, 0.25) is 0 Å². The molecule has 8 nitrogen and oxygen atoms in total. The van der Waals surface area contributed by atoms with Crippen LogP contribution in [0.2, 0.25) is 0 Å². The molecule has 0 spiro atoms. The number of rotatable bonds is 10. The third-order valence-corrected chi connectivity index (χ3v) is 7.54. The van der Waals surface area contributed by atoms with Gasteiger partial charge in [-0.25, -0.2) is 0 Å².